The number of carbonyl (C=O) groups is 1. The van der Waals surface area contributed by atoms with E-state index in [4.69, 9.17) is 4.74 Å². The van der Waals surface area contributed by atoms with E-state index in [2.05, 4.69) is 28.2 Å². The van der Waals surface area contributed by atoms with Gasteiger partial charge in [-0.1, -0.05) is 31.2 Å². The van der Waals surface area contributed by atoms with Gasteiger partial charge in [0.05, 0.1) is 25.7 Å². The number of aliphatic hydroxyl groups excluding tert-OH is 1. The average Bonchev–Trinajstić information content (AvgIpc) is 3.30. The lowest BCUT2D eigenvalue weighted by Crippen LogP contribution is -2.49. The number of halogens is 2. The maximum Gasteiger partial charge on any atom is 0.224 e. The summed E-state index contributed by atoms with van der Waals surface area (Å²) < 4.78 is 35.1. The Morgan fingerprint density at radius 1 is 1.00 bits per heavy atom. The number of hydrogen-bond donors (Lipinski definition) is 3. The standard InChI is InChI=1S/C31H35F2N3O3/c1-3-10-36-11-9-24-8-7-21(16-29(24)36)17-31(38)35-28(15-23-12-25(32)18-26(33)13-23)30(37)20-34-19-22-5-4-6-27(14-22)39-2/h4-9,11-14,16,18,28,30,34,37H,3,10,15,17,19-20H2,1-2H3,(H,35,38)/t28-,30+/m0/s1. The summed E-state index contributed by atoms with van der Waals surface area (Å²) in [4.78, 5) is 13.1. The summed E-state index contributed by atoms with van der Waals surface area (Å²) in [7, 11) is 1.60. The number of ether oxygens (including phenoxy) is 1. The largest absolute Gasteiger partial charge is 0.497 e. The number of nitrogens with one attached hydrogen (secondary N) is 2. The molecule has 0 aliphatic heterocycles. The van der Waals surface area contributed by atoms with Crippen molar-refractivity contribution in [1.82, 2.24) is 15.2 Å². The van der Waals surface area contributed by atoms with Crippen molar-refractivity contribution < 1.29 is 23.4 Å². The van der Waals surface area contributed by atoms with E-state index in [1.807, 2.05) is 48.7 Å². The zero-order valence-corrected chi connectivity index (χ0v) is 22.3. The number of hydrogen-bond acceptors (Lipinski definition) is 4. The Morgan fingerprint density at radius 3 is 2.54 bits per heavy atom. The van der Waals surface area contributed by atoms with Crippen LogP contribution in [0.1, 0.15) is 30.0 Å². The first-order valence-electron chi connectivity index (χ1n) is 13.2. The molecule has 4 rings (SSSR count). The van der Waals surface area contributed by atoms with Gasteiger partial charge in [-0.3, -0.25) is 4.79 Å². The molecule has 39 heavy (non-hydrogen) atoms. The van der Waals surface area contributed by atoms with Crippen molar-refractivity contribution >= 4 is 16.8 Å². The highest BCUT2D eigenvalue weighted by atomic mass is 19.1. The highest BCUT2D eigenvalue weighted by Crippen LogP contribution is 2.19. The van der Waals surface area contributed by atoms with Crippen LogP contribution in [0.3, 0.4) is 0 Å². The van der Waals surface area contributed by atoms with E-state index in [1.54, 1.807) is 7.11 Å². The maximum absolute atomic E-state index is 13.9. The Balaban J connectivity index is 1.45. The topological polar surface area (TPSA) is 75.5 Å². The summed E-state index contributed by atoms with van der Waals surface area (Å²) in [6.45, 7) is 3.64. The summed E-state index contributed by atoms with van der Waals surface area (Å²) in [6.07, 6.45) is 2.23. The van der Waals surface area contributed by atoms with Crippen LogP contribution >= 0.6 is 0 Å². The van der Waals surface area contributed by atoms with Crippen LogP contribution < -0.4 is 15.4 Å². The molecule has 3 N–H and O–H groups in total. The van der Waals surface area contributed by atoms with Crippen LogP contribution in [-0.2, 0) is 30.7 Å². The van der Waals surface area contributed by atoms with Gasteiger partial charge in [-0.05, 0) is 71.3 Å². The fraction of sp³-hybridized carbons (Fsp3) is 0.323. The number of aliphatic hydroxyl groups is 1. The van der Waals surface area contributed by atoms with Crippen LogP contribution in [0, 0.1) is 11.6 Å². The van der Waals surface area contributed by atoms with Gasteiger partial charge in [0.25, 0.3) is 0 Å². The molecule has 8 heteroatoms. The normalized spacial score (nSPS) is 12.8. The molecule has 2 atom stereocenters. The fourth-order valence-electron chi connectivity index (χ4n) is 4.77. The minimum absolute atomic E-state index is 0.0703. The molecule has 0 spiro atoms. The van der Waals surface area contributed by atoms with Gasteiger partial charge >= 0.3 is 0 Å². The fourth-order valence-corrected chi connectivity index (χ4v) is 4.77. The van der Waals surface area contributed by atoms with Gasteiger partial charge in [-0.2, -0.15) is 0 Å². The Morgan fingerprint density at radius 2 is 1.79 bits per heavy atom. The molecular weight excluding hydrogens is 500 g/mol. The molecule has 3 aromatic carbocycles. The second kappa shape index (κ2) is 13.4. The van der Waals surface area contributed by atoms with Crippen LogP contribution in [0.5, 0.6) is 5.75 Å². The molecule has 4 aromatic rings. The van der Waals surface area contributed by atoms with Gasteiger partial charge in [-0.25, -0.2) is 8.78 Å². The lowest BCUT2D eigenvalue weighted by atomic mass is 10.00. The number of nitrogens with zero attached hydrogens (tertiary/aromatic N) is 1. The number of aryl methyl sites for hydroxylation is 1. The van der Waals surface area contributed by atoms with Gasteiger partial charge in [0.1, 0.15) is 17.4 Å². The van der Waals surface area contributed by atoms with Crippen LogP contribution in [0.25, 0.3) is 10.9 Å². The molecule has 1 aromatic heterocycles. The number of aromatic nitrogens is 1. The van der Waals surface area contributed by atoms with Crippen molar-refractivity contribution in [3.05, 3.63) is 101 Å². The number of methoxy groups -OCH3 is 1. The SMILES string of the molecule is CCCn1ccc2ccc(CC(=O)N[C@@H](Cc3cc(F)cc(F)c3)[C@H](O)CNCc3cccc(OC)c3)cc21. The Hall–Kier alpha value is -3.75. The summed E-state index contributed by atoms with van der Waals surface area (Å²) >= 11 is 0. The molecule has 0 fully saturated rings. The quantitative estimate of drug-likeness (QED) is 0.231. The lowest BCUT2D eigenvalue weighted by molar-refractivity contribution is -0.122. The Labute approximate surface area is 227 Å². The summed E-state index contributed by atoms with van der Waals surface area (Å²) in [5.41, 5.74) is 3.23. The van der Waals surface area contributed by atoms with Gasteiger partial charge < -0.3 is 25.0 Å². The molecule has 1 amide bonds. The third kappa shape index (κ3) is 7.88. The molecule has 0 saturated carbocycles. The molecule has 0 aliphatic rings. The number of carbonyl (C=O) groups excluding carboxylic acids is 1. The minimum Gasteiger partial charge on any atom is -0.497 e. The van der Waals surface area contributed by atoms with Crippen LogP contribution in [0.2, 0.25) is 0 Å². The second-order valence-corrected chi connectivity index (χ2v) is 9.78. The van der Waals surface area contributed by atoms with E-state index >= 15 is 0 Å². The number of fused-ring (bicyclic) bond motifs is 1. The molecule has 0 saturated heterocycles. The van der Waals surface area contributed by atoms with Crippen molar-refractivity contribution in [2.45, 2.75) is 51.4 Å². The third-order valence-electron chi connectivity index (χ3n) is 6.67. The maximum atomic E-state index is 13.9. The van der Waals surface area contributed by atoms with Gasteiger partial charge in [0.15, 0.2) is 0 Å². The van der Waals surface area contributed by atoms with Crippen LogP contribution in [0.4, 0.5) is 8.78 Å². The predicted molar refractivity (Wildman–Crippen MR) is 149 cm³/mol. The van der Waals surface area contributed by atoms with E-state index in [0.717, 1.165) is 46.8 Å². The van der Waals surface area contributed by atoms with E-state index < -0.39 is 23.8 Å². The van der Waals surface area contributed by atoms with Gasteiger partial charge in [0, 0.05) is 37.4 Å². The highest BCUT2D eigenvalue weighted by Gasteiger charge is 2.23. The first-order chi connectivity index (χ1) is 18.8. The smallest absolute Gasteiger partial charge is 0.224 e. The Kier molecular flexibility index (Phi) is 9.68. The van der Waals surface area contributed by atoms with Crippen molar-refractivity contribution in [3.63, 3.8) is 0 Å². The molecule has 1 heterocycles. The van der Waals surface area contributed by atoms with Crippen LogP contribution in [0.15, 0.2) is 72.9 Å². The first-order valence-corrected chi connectivity index (χ1v) is 13.2. The van der Waals surface area contributed by atoms with E-state index in [1.165, 1.54) is 12.1 Å². The third-order valence-corrected chi connectivity index (χ3v) is 6.67. The van der Waals surface area contributed by atoms with E-state index in [0.29, 0.717) is 12.1 Å². The number of rotatable bonds is 13. The molecule has 0 radical (unpaired) electrons. The predicted octanol–water partition coefficient (Wildman–Crippen LogP) is 4.76. The Bertz CT molecular complexity index is 1380. The van der Waals surface area contributed by atoms with Crippen molar-refractivity contribution in [2.24, 2.45) is 0 Å². The zero-order valence-electron chi connectivity index (χ0n) is 22.3. The average molecular weight is 536 g/mol. The summed E-state index contributed by atoms with van der Waals surface area (Å²) in [5, 5.41) is 18.2. The highest BCUT2D eigenvalue weighted by molar-refractivity contribution is 5.84. The summed E-state index contributed by atoms with van der Waals surface area (Å²) in [5.74, 6) is -0.960. The molecule has 0 bridgehead atoms. The van der Waals surface area contributed by atoms with Crippen molar-refractivity contribution in [3.8, 4) is 5.75 Å². The molecule has 0 aliphatic carbocycles. The van der Waals surface area contributed by atoms with Crippen molar-refractivity contribution in [2.75, 3.05) is 13.7 Å². The summed E-state index contributed by atoms with van der Waals surface area (Å²) in [6, 6.07) is 18.0. The van der Waals surface area contributed by atoms with E-state index in [9.17, 15) is 18.7 Å². The van der Waals surface area contributed by atoms with Gasteiger partial charge in [-0.15, -0.1) is 0 Å². The minimum atomic E-state index is -1.00. The number of benzene rings is 3. The lowest BCUT2D eigenvalue weighted by Gasteiger charge is -2.25. The van der Waals surface area contributed by atoms with Crippen LogP contribution in [-0.4, -0.2) is 41.4 Å². The molecule has 206 valence electrons. The van der Waals surface area contributed by atoms with Crippen molar-refractivity contribution in [1.29, 1.82) is 0 Å². The molecule has 6 nitrogen and oxygen atoms in total. The molecular formula is C31H35F2N3O3. The second-order valence-electron chi connectivity index (χ2n) is 9.78. The van der Waals surface area contributed by atoms with E-state index in [-0.39, 0.29) is 25.3 Å². The van der Waals surface area contributed by atoms with Gasteiger partial charge in [0.2, 0.25) is 5.91 Å². The zero-order chi connectivity index (χ0) is 27.8. The number of amides is 1. The monoisotopic (exact) mass is 535 g/mol. The molecule has 0 unspecified atom stereocenters. The first kappa shape index (κ1) is 28.3.